The van der Waals surface area contributed by atoms with Gasteiger partial charge in [-0.3, -0.25) is 4.79 Å². The molecule has 0 radical (unpaired) electrons. The SMILES string of the molecule is Cn1c(=O)c(N)c(C(F)(F)F)c2ccc(CC(F)(F)F)cc21. The summed E-state index contributed by atoms with van der Waals surface area (Å²) in [5.41, 5.74) is 1.33. The maximum absolute atomic E-state index is 13.1. The van der Waals surface area contributed by atoms with Gasteiger partial charge in [-0.05, 0) is 11.6 Å². The van der Waals surface area contributed by atoms with Crippen LogP contribution in [0.5, 0.6) is 0 Å². The molecule has 0 aliphatic rings. The maximum atomic E-state index is 13.1. The molecular weight excluding hydrogens is 314 g/mol. The summed E-state index contributed by atoms with van der Waals surface area (Å²) in [4.78, 5) is 11.8. The number of fused-ring (bicyclic) bond motifs is 1. The third-order valence-electron chi connectivity index (χ3n) is 3.19. The molecule has 0 aliphatic carbocycles. The smallest absolute Gasteiger partial charge is 0.394 e. The van der Waals surface area contributed by atoms with Crippen LogP contribution in [0.2, 0.25) is 0 Å². The predicted molar refractivity (Wildman–Crippen MR) is 68.4 cm³/mol. The van der Waals surface area contributed by atoms with Gasteiger partial charge in [0.25, 0.3) is 5.56 Å². The summed E-state index contributed by atoms with van der Waals surface area (Å²) in [5.74, 6) is 0. The lowest BCUT2D eigenvalue weighted by Gasteiger charge is -2.16. The van der Waals surface area contributed by atoms with Gasteiger partial charge in [-0.25, -0.2) is 0 Å². The van der Waals surface area contributed by atoms with E-state index >= 15 is 0 Å². The van der Waals surface area contributed by atoms with Crippen molar-refractivity contribution >= 4 is 16.6 Å². The van der Waals surface area contributed by atoms with Gasteiger partial charge in [0, 0.05) is 12.4 Å². The highest BCUT2D eigenvalue weighted by atomic mass is 19.4. The van der Waals surface area contributed by atoms with Crippen LogP contribution in [0.3, 0.4) is 0 Å². The lowest BCUT2D eigenvalue weighted by Crippen LogP contribution is -2.26. The molecule has 1 heterocycles. The van der Waals surface area contributed by atoms with E-state index in [-0.39, 0.29) is 11.1 Å². The molecule has 1 aromatic heterocycles. The van der Waals surface area contributed by atoms with Crippen LogP contribution in [0.25, 0.3) is 10.9 Å². The number of nitrogens with two attached hydrogens (primary N) is 1. The van der Waals surface area contributed by atoms with E-state index in [9.17, 15) is 31.1 Å². The minimum Gasteiger partial charge on any atom is -0.394 e. The zero-order valence-corrected chi connectivity index (χ0v) is 11.1. The number of aromatic nitrogens is 1. The average Bonchev–Trinajstić information content (AvgIpc) is 2.33. The molecule has 3 nitrogen and oxygen atoms in total. The van der Waals surface area contributed by atoms with E-state index in [1.807, 2.05) is 0 Å². The van der Waals surface area contributed by atoms with Crippen LogP contribution in [0.4, 0.5) is 32.0 Å². The molecule has 22 heavy (non-hydrogen) atoms. The summed E-state index contributed by atoms with van der Waals surface area (Å²) in [6, 6.07) is 2.75. The van der Waals surface area contributed by atoms with Crippen LogP contribution in [0.1, 0.15) is 11.1 Å². The van der Waals surface area contributed by atoms with Crippen LogP contribution in [-0.2, 0) is 19.6 Å². The van der Waals surface area contributed by atoms with Gasteiger partial charge in [0.1, 0.15) is 5.69 Å². The van der Waals surface area contributed by atoms with Crippen LogP contribution < -0.4 is 11.3 Å². The first-order valence-electron chi connectivity index (χ1n) is 5.97. The van der Waals surface area contributed by atoms with Crippen molar-refractivity contribution in [2.75, 3.05) is 5.73 Å². The van der Waals surface area contributed by atoms with Crippen LogP contribution in [-0.4, -0.2) is 10.7 Å². The van der Waals surface area contributed by atoms with Crippen molar-refractivity contribution in [3.8, 4) is 0 Å². The van der Waals surface area contributed by atoms with Crippen LogP contribution >= 0.6 is 0 Å². The first-order chi connectivity index (χ1) is 9.92. The molecule has 0 spiro atoms. The quantitative estimate of drug-likeness (QED) is 0.819. The fourth-order valence-electron chi connectivity index (χ4n) is 2.26. The van der Waals surface area contributed by atoms with Crippen molar-refractivity contribution < 1.29 is 26.3 Å². The first kappa shape index (κ1) is 16.2. The number of benzene rings is 1. The minimum absolute atomic E-state index is 0.243. The Bertz CT molecular complexity index is 788. The highest BCUT2D eigenvalue weighted by molar-refractivity contribution is 5.87. The largest absolute Gasteiger partial charge is 0.419 e. The number of alkyl halides is 6. The number of rotatable bonds is 1. The third-order valence-corrected chi connectivity index (χ3v) is 3.19. The molecule has 2 aromatic rings. The fraction of sp³-hybridized carbons (Fsp3) is 0.308. The molecule has 0 amide bonds. The molecule has 120 valence electrons. The number of nitrogens with zero attached hydrogens (tertiary/aromatic N) is 1. The summed E-state index contributed by atoms with van der Waals surface area (Å²) < 4.78 is 77.1. The lowest BCUT2D eigenvalue weighted by atomic mass is 10.0. The molecule has 0 saturated carbocycles. The summed E-state index contributed by atoms with van der Waals surface area (Å²) in [7, 11) is 1.15. The van der Waals surface area contributed by atoms with Gasteiger partial charge in [0.2, 0.25) is 0 Å². The van der Waals surface area contributed by atoms with E-state index in [1.165, 1.54) is 0 Å². The number of halogens is 6. The number of aryl methyl sites for hydroxylation is 1. The monoisotopic (exact) mass is 324 g/mol. The molecule has 2 rings (SSSR count). The fourth-order valence-corrected chi connectivity index (χ4v) is 2.26. The van der Waals surface area contributed by atoms with Crippen molar-refractivity contribution in [3.05, 3.63) is 39.7 Å². The standard InChI is InChI=1S/C13H10F6N2O/c1-21-8-4-6(5-12(14,15)16)2-3-7(8)9(13(17,18)19)10(20)11(21)22/h2-4H,5,20H2,1H3. The van der Waals surface area contributed by atoms with E-state index < -0.39 is 41.0 Å². The zero-order chi connectivity index (χ0) is 16.9. The maximum Gasteiger partial charge on any atom is 0.419 e. The second kappa shape index (κ2) is 4.92. The first-order valence-corrected chi connectivity index (χ1v) is 5.97. The van der Waals surface area contributed by atoms with Gasteiger partial charge < -0.3 is 10.3 Å². The van der Waals surface area contributed by atoms with E-state index in [0.29, 0.717) is 0 Å². The van der Waals surface area contributed by atoms with Crippen molar-refractivity contribution in [1.29, 1.82) is 0 Å². The predicted octanol–water partition coefficient (Wildman–Crippen LogP) is 3.24. The third kappa shape index (κ3) is 2.88. The molecule has 0 saturated heterocycles. The van der Waals surface area contributed by atoms with Gasteiger partial charge in [0.15, 0.2) is 0 Å². The van der Waals surface area contributed by atoms with Gasteiger partial charge >= 0.3 is 12.4 Å². The topological polar surface area (TPSA) is 48.0 Å². The van der Waals surface area contributed by atoms with Crippen LogP contribution in [0.15, 0.2) is 23.0 Å². The average molecular weight is 324 g/mol. The normalized spacial score (nSPS) is 12.9. The molecule has 0 fully saturated rings. The Kier molecular flexibility index (Phi) is 3.62. The summed E-state index contributed by atoms with van der Waals surface area (Å²) in [6.07, 6.45) is -10.7. The minimum atomic E-state index is -4.89. The van der Waals surface area contributed by atoms with Gasteiger partial charge in [-0.1, -0.05) is 12.1 Å². The summed E-state index contributed by atoms with van der Waals surface area (Å²) in [5, 5.41) is -0.418. The van der Waals surface area contributed by atoms with E-state index in [1.54, 1.807) is 0 Å². The second-order valence-corrected chi connectivity index (χ2v) is 4.79. The van der Waals surface area contributed by atoms with E-state index in [4.69, 9.17) is 5.73 Å². The molecule has 1 aromatic carbocycles. The second-order valence-electron chi connectivity index (χ2n) is 4.79. The highest BCUT2D eigenvalue weighted by Gasteiger charge is 2.37. The van der Waals surface area contributed by atoms with Crippen LogP contribution in [0, 0.1) is 0 Å². The molecule has 9 heteroatoms. The molecular formula is C13H10F6N2O. The number of anilines is 1. The Balaban J connectivity index is 2.82. The number of pyridine rings is 1. The molecule has 2 N–H and O–H groups in total. The Hall–Kier alpha value is -2.19. The Morgan fingerprint density at radius 3 is 2.23 bits per heavy atom. The van der Waals surface area contributed by atoms with Crippen molar-refractivity contribution in [2.24, 2.45) is 7.05 Å². The van der Waals surface area contributed by atoms with Gasteiger partial charge in [0.05, 0.1) is 17.5 Å². The van der Waals surface area contributed by atoms with Crippen molar-refractivity contribution in [2.45, 2.75) is 18.8 Å². The Morgan fingerprint density at radius 1 is 1.14 bits per heavy atom. The number of hydrogen-bond donors (Lipinski definition) is 1. The van der Waals surface area contributed by atoms with Crippen molar-refractivity contribution in [1.82, 2.24) is 4.57 Å². The molecule has 0 aliphatic heterocycles. The summed E-state index contributed by atoms with van der Waals surface area (Å²) >= 11 is 0. The molecule has 0 atom stereocenters. The zero-order valence-electron chi connectivity index (χ0n) is 11.1. The highest BCUT2D eigenvalue weighted by Crippen LogP contribution is 2.37. The lowest BCUT2D eigenvalue weighted by molar-refractivity contribution is -0.135. The van der Waals surface area contributed by atoms with Gasteiger partial charge in [-0.2, -0.15) is 26.3 Å². The van der Waals surface area contributed by atoms with Gasteiger partial charge in [-0.15, -0.1) is 0 Å². The molecule has 0 unspecified atom stereocenters. The molecule has 0 bridgehead atoms. The van der Waals surface area contributed by atoms with Crippen molar-refractivity contribution in [3.63, 3.8) is 0 Å². The number of hydrogen-bond acceptors (Lipinski definition) is 2. The Labute approximate surface area is 119 Å². The summed E-state index contributed by atoms with van der Waals surface area (Å²) in [6.45, 7) is 0. The Morgan fingerprint density at radius 2 is 1.73 bits per heavy atom. The van der Waals surface area contributed by atoms with E-state index in [2.05, 4.69) is 0 Å². The van der Waals surface area contributed by atoms with E-state index in [0.717, 1.165) is 29.8 Å². The number of nitrogen functional groups attached to an aromatic ring is 1.